The van der Waals surface area contributed by atoms with Crippen molar-refractivity contribution >= 4 is 47.2 Å². The van der Waals surface area contributed by atoms with Crippen LogP contribution in [-0.4, -0.2) is 50.8 Å². The van der Waals surface area contributed by atoms with Crippen molar-refractivity contribution in [2.45, 2.75) is 6.04 Å². The zero-order valence-electron chi connectivity index (χ0n) is 15.8. The highest BCUT2D eigenvalue weighted by Crippen LogP contribution is 2.25. The molecule has 3 N–H and O–H groups in total. The van der Waals surface area contributed by atoms with Gasteiger partial charge >= 0.3 is 0 Å². The van der Waals surface area contributed by atoms with Crippen LogP contribution in [0.1, 0.15) is 11.6 Å². The predicted molar refractivity (Wildman–Crippen MR) is 125 cm³/mol. The van der Waals surface area contributed by atoms with Crippen molar-refractivity contribution < 1.29 is 9.47 Å². The molecule has 1 atom stereocenters. The van der Waals surface area contributed by atoms with Gasteiger partial charge in [0, 0.05) is 18.1 Å². The molecule has 0 bridgehead atoms. The van der Waals surface area contributed by atoms with Crippen LogP contribution < -0.4 is 15.8 Å². The fraction of sp³-hybridized carbons (Fsp3) is 0.350. The Morgan fingerprint density at radius 1 is 1.25 bits per heavy atom. The van der Waals surface area contributed by atoms with Crippen molar-refractivity contribution in [3.63, 3.8) is 0 Å². The lowest BCUT2D eigenvalue weighted by molar-refractivity contribution is 0.0180. The molecule has 1 unspecified atom stereocenters. The third-order valence-corrected chi connectivity index (χ3v) is 4.76. The highest BCUT2D eigenvalue weighted by Gasteiger charge is 2.22. The molecule has 1 aliphatic heterocycles. The molecule has 1 saturated heterocycles. The number of nitrogens with two attached hydrogens (primary N) is 1. The molecule has 0 saturated carbocycles. The van der Waals surface area contributed by atoms with Gasteiger partial charge in [-0.2, -0.15) is 0 Å². The van der Waals surface area contributed by atoms with E-state index in [-0.39, 0.29) is 30.0 Å². The summed E-state index contributed by atoms with van der Waals surface area (Å²) in [4.78, 5) is 6.93. The molecule has 0 amide bonds. The number of nitrogens with one attached hydrogen (secondary N) is 1. The summed E-state index contributed by atoms with van der Waals surface area (Å²) in [5, 5.41) is 3.83. The largest absolute Gasteiger partial charge is 0.495 e. The Morgan fingerprint density at radius 2 is 2.00 bits per heavy atom. The van der Waals surface area contributed by atoms with Crippen molar-refractivity contribution in [2.24, 2.45) is 10.7 Å². The Balaban J connectivity index is 0.00000280. The predicted octanol–water partition coefficient (Wildman–Crippen LogP) is 3.77. The average molecular weight is 517 g/mol. The highest BCUT2D eigenvalue weighted by molar-refractivity contribution is 14.0. The van der Waals surface area contributed by atoms with Crippen LogP contribution in [0.5, 0.6) is 5.75 Å². The van der Waals surface area contributed by atoms with E-state index in [0.717, 1.165) is 48.3 Å². The summed E-state index contributed by atoms with van der Waals surface area (Å²) >= 11 is 6.20. The molecule has 0 radical (unpaired) electrons. The topological polar surface area (TPSA) is 72.1 Å². The van der Waals surface area contributed by atoms with Gasteiger partial charge in [-0.25, -0.2) is 0 Å². The Hall–Kier alpha value is -1.55. The molecule has 1 fully saturated rings. The maximum Gasteiger partial charge on any atom is 0.193 e. The zero-order chi connectivity index (χ0) is 19.1. The van der Waals surface area contributed by atoms with Crippen molar-refractivity contribution in [1.82, 2.24) is 4.90 Å². The summed E-state index contributed by atoms with van der Waals surface area (Å²) in [6.07, 6.45) is 0. The minimum atomic E-state index is 0. The Kier molecular flexibility index (Phi) is 9.30. The average Bonchev–Trinajstić information content (AvgIpc) is 2.69. The lowest BCUT2D eigenvalue weighted by atomic mass is 10.0. The fourth-order valence-corrected chi connectivity index (χ4v) is 3.34. The first-order valence-electron chi connectivity index (χ1n) is 8.94. The number of anilines is 1. The molecule has 0 spiro atoms. The van der Waals surface area contributed by atoms with Crippen LogP contribution in [0.25, 0.3) is 0 Å². The van der Waals surface area contributed by atoms with Crippen LogP contribution in [0.4, 0.5) is 5.69 Å². The lowest BCUT2D eigenvalue weighted by Crippen LogP contribution is -2.40. The SMILES string of the molecule is COc1ccccc1NC(N)=NCC(c1cccc(Cl)c1)N1CCOCC1.I. The second-order valence-electron chi connectivity index (χ2n) is 6.27. The van der Waals surface area contributed by atoms with E-state index < -0.39 is 0 Å². The van der Waals surface area contributed by atoms with Gasteiger partial charge in [0.2, 0.25) is 0 Å². The van der Waals surface area contributed by atoms with Gasteiger partial charge in [-0.05, 0) is 29.8 Å². The van der Waals surface area contributed by atoms with Crippen LogP contribution in [0.15, 0.2) is 53.5 Å². The first-order chi connectivity index (χ1) is 13.2. The van der Waals surface area contributed by atoms with Crippen molar-refractivity contribution in [3.05, 3.63) is 59.1 Å². The van der Waals surface area contributed by atoms with E-state index in [1.807, 2.05) is 42.5 Å². The number of aliphatic imine (C=N–C) groups is 1. The van der Waals surface area contributed by atoms with Crippen LogP contribution in [0.2, 0.25) is 5.02 Å². The molecule has 3 rings (SSSR count). The molecule has 0 aliphatic carbocycles. The summed E-state index contributed by atoms with van der Waals surface area (Å²) in [6, 6.07) is 15.6. The number of morpholine rings is 1. The van der Waals surface area contributed by atoms with Gasteiger partial charge in [0.25, 0.3) is 0 Å². The maximum atomic E-state index is 6.20. The summed E-state index contributed by atoms with van der Waals surface area (Å²) in [5.74, 6) is 1.06. The number of guanidine groups is 1. The summed E-state index contributed by atoms with van der Waals surface area (Å²) in [5.41, 5.74) is 8.04. The van der Waals surface area contributed by atoms with Gasteiger partial charge in [-0.3, -0.25) is 9.89 Å². The third-order valence-electron chi connectivity index (χ3n) is 4.52. The first kappa shape index (κ1) is 22.7. The number of ether oxygens (including phenoxy) is 2. The van der Waals surface area contributed by atoms with E-state index in [0.29, 0.717) is 12.5 Å². The third kappa shape index (κ3) is 6.23. The summed E-state index contributed by atoms with van der Waals surface area (Å²) in [7, 11) is 1.63. The van der Waals surface area contributed by atoms with Gasteiger partial charge in [-0.1, -0.05) is 35.9 Å². The van der Waals surface area contributed by atoms with Gasteiger partial charge in [0.15, 0.2) is 5.96 Å². The Labute approximate surface area is 188 Å². The molecule has 1 heterocycles. The van der Waals surface area contributed by atoms with Crippen molar-refractivity contribution in [1.29, 1.82) is 0 Å². The minimum absolute atomic E-state index is 0. The lowest BCUT2D eigenvalue weighted by Gasteiger charge is -2.34. The smallest absolute Gasteiger partial charge is 0.193 e. The molecule has 1 aliphatic rings. The monoisotopic (exact) mass is 516 g/mol. The van der Waals surface area contributed by atoms with Crippen LogP contribution >= 0.6 is 35.6 Å². The van der Waals surface area contributed by atoms with Crippen LogP contribution in [-0.2, 0) is 4.74 Å². The van der Waals surface area contributed by atoms with E-state index in [4.69, 9.17) is 26.8 Å². The van der Waals surface area contributed by atoms with E-state index in [1.54, 1.807) is 7.11 Å². The number of hydrogen-bond donors (Lipinski definition) is 2. The number of methoxy groups -OCH3 is 1. The second kappa shape index (κ2) is 11.5. The van der Waals surface area contributed by atoms with E-state index in [1.165, 1.54) is 0 Å². The zero-order valence-corrected chi connectivity index (χ0v) is 18.9. The number of benzene rings is 2. The molecule has 6 nitrogen and oxygen atoms in total. The molecular weight excluding hydrogens is 491 g/mol. The number of rotatable bonds is 6. The molecular formula is C20H26ClIN4O2. The maximum absolute atomic E-state index is 6.20. The minimum Gasteiger partial charge on any atom is -0.495 e. The number of para-hydroxylation sites is 2. The summed E-state index contributed by atoms with van der Waals surface area (Å²) in [6.45, 7) is 3.67. The second-order valence-corrected chi connectivity index (χ2v) is 6.71. The van der Waals surface area contributed by atoms with Gasteiger partial charge in [0.1, 0.15) is 5.75 Å². The molecule has 152 valence electrons. The summed E-state index contributed by atoms with van der Waals surface area (Å²) < 4.78 is 10.8. The van der Waals surface area contributed by atoms with Crippen molar-refractivity contribution in [3.8, 4) is 5.75 Å². The van der Waals surface area contributed by atoms with E-state index in [9.17, 15) is 0 Å². The highest BCUT2D eigenvalue weighted by atomic mass is 127. The molecule has 8 heteroatoms. The van der Waals surface area contributed by atoms with Gasteiger partial charge in [-0.15, -0.1) is 24.0 Å². The number of nitrogens with zero attached hydrogens (tertiary/aromatic N) is 2. The van der Waals surface area contributed by atoms with Gasteiger partial charge in [0.05, 0.1) is 38.6 Å². The first-order valence-corrected chi connectivity index (χ1v) is 9.32. The quantitative estimate of drug-likeness (QED) is 0.347. The standard InChI is InChI=1S/C20H25ClN4O2.HI/c1-26-19-8-3-2-7-17(19)24-20(22)23-14-18(25-9-11-27-12-10-25)15-5-4-6-16(21)13-15;/h2-8,13,18H,9-12,14H2,1H3,(H3,22,23,24);1H. The number of halogens is 2. The van der Waals surface area contributed by atoms with Gasteiger partial charge < -0.3 is 20.5 Å². The molecule has 2 aromatic rings. The van der Waals surface area contributed by atoms with Crippen molar-refractivity contribution in [2.75, 3.05) is 45.3 Å². The Bertz CT molecular complexity index is 784. The van der Waals surface area contributed by atoms with Crippen LogP contribution in [0.3, 0.4) is 0 Å². The molecule has 2 aromatic carbocycles. The van der Waals surface area contributed by atoms with E-state index >= 15 is 0 Å². The molecule has 0 aromatic heterocycles. The van der Waals surface area contributed by atoms with Crippen LogP contribution in [0, 0.1) is 0 Å². The van der Waals surface area contributed by atoms with E-state index in [2.05, 4.69) is 21.3 Å². The number of hydrogen-bond acceptors (Lipinski definition) is 4. The normalized spacial score (nSPS) is 16.1. The molecule has 28 heavy (non-hydrogen) atoms. The Morgan fingerprint density at radius 3 is 2.71 bits per heavy atom. The fourth-order valence-electron chi connectivity index (χ4n) is 3.14.